The van der Waals surface area contributed by atoms with Gasteiger partial charge in [-0.1, -0.05) is 6.92 Å². The van der Waals surface area contributed by atoms with Crippen LogP contribution in [0.15, 0.2) is 6.07 Å². The van der Waals surface area contributed by atoms with Crippen LogP contribution in [0.4, 0.5) is 5.82 Å². The molecule has 4 nitrogen and oxygen atoms in total. The monoisotopic (exact) mass is 235 g/mol. The molecule has 1 fully saturated rings. The molecule has 4 heteroatoms. The summed E-state index contributed by atoms with van der Waals surface area (Å²) < 4.78 is 5.62. The second-order valence-electron chi connectivity index (χ2n) is 4.70. The Morgan fingerprint density at radius 2 is 2.18 bits per heavy atom. The van der Waals surface area contributed by atoms with Crippen molar-refractivity contribution in [2.24, 2.45) is 0 Å². The SMILES string of the molecule is CCCNc1cc(C)nc(C2(OC)CCC2)n1. The lowest BCUT2D eigenvalue weighted by atomic mass is 9.79. The molecule has 2 rings (SSSR count). The first kappa shape index (κ1) is 12.3. The molecule has 0 spiro atoms. The number of nitrogens with zero attached hydrogens (tertiary/aromatic N) is 2. The number of anilines is 1. The van der Waals surface area contributed by atoms with Gasteiger partial charge in [-0.05, 0) is 32.6 Å². The van der Waals surface area contributed by atoms with E-state index in [1.54, 1.807) is 7.11 Å². The van der Waals surface area contributed by atoms with Gasteiger partial charge in [-0.3, -0.25) is 0 Å². The number of aryl methyl sites for hydroxylation is 1. The van der Waals surface area contributed by atoms with Gasteiger partial charge in [0.25, 0.3) is 0 Å². The van der Waals surface area contributed by atoms with E-state index in [4.69, 9.17) is 4.74 Å². The average molecular weight is 235 g/mol. The lowest BCUT2D eigenvalue weighted by Gasteiger charge is -2.39. The van der Waals surface area contributed by atoms with E-state index in [1.165, 1.54) is 6.42 Å². The summed E-state index contributed by atoms with van der Waals surface area (Å²) in [4.78, 5) is 9.12. The Hall–Kier alpha value is -1.16. The van der Waals surface area contributed by atoms with E-state index in [-0.39, 0.29) is 5.60 Å². The molecule has 1 aromatic heterocycles. The first-order valence-electron chi connectivity index (χ1n) is 6.35. The zero-order chi connectivity index (χ0) is 12.3. The van der Waals surface area contributed by atoms with Gasteiger partial charge in [0.1, 0.15) is 11.4 Å². The molecule has 0 atom stereocenters. The molecule has 0 bridgehead atoms. The van der Waals surface area contributed by atoms with Crippen molar-refractivity contribution in [1.29, 1.82) is 0 Å². The molecule has 0 aromatic carbocycles. The van der Waals surface area contributed by atoms with Crippen molar-refractivity contribution in [3.63, 3.8) is 0 Å². The van der Waals surface area contributed by atoms with Crippen molar-refractivity contribution in [3.8, 4) is 0 Å². The summed E-state index contributed by atoms with van der Waals surface area (Å²) >= 11 is 0. The van der Waals surface area contributed by atoms with E-state index in [2.05, 4.69) is 22.2 Å². The maximum Gasteiger partial charge on any atom is 0.162 e. The average Bonchev–Trinajstić information content (AvgIpc) is 2.25. The number of nitrogens with one attached hydrogen (secondary N) is 1. The summed E-state index contributed by atoms with van der Waals surface area (Å²) in [6.45, 7) is 5.09. The molecule has 1 aliphatic rings. The minimum absolute atomic E-state index is 0.228. The van der Waals surface area contributed by atoms with Gasteiger partial charge in [0.15, 0.2) is 5.82 Å². The Morgan fingerprint density at radius 1 is 1.41 bits per heavy atom. The molecule has 0 saturated heterocycles. The third-order valence-electron chi connectivity index (χ3n) is 3.37. The predicted octanol–water partition coefficient (Wildman–Crippen LogP) is 2.63. The largest absolute Gasteiger partial charge is 0.370 e. The van der Waals surface area contributed by atoms with E-state index in [9.17, 15) is 0 Å². The first-order valence-corrected chi connectivity index (χ1v) is 6.35. The van der Waals surface area contributed by atoms with Gasteiger partial charge in [-0.2, -0.15) is 0 Å². The lowest BCUT2D eigenvalue weighted by molar-refractivity contribution is -0.0846. The third-order valence-corrected chi connectivity index (χ3v) is 3.37. The lowest BCUT2D eigenvalue weighted by Crippen LogP contribution is -2.38. The van der Waals surface area contributed by atoms with E-state index in [0.29, 0.717) is 0 Å². The van der Waals surface area contributed by atoms with Crippen molar-refractivity contribution < 1.29 is 4.74 Å². The van der Waals surface area contributed by atoms with Crippen LogP contribution < -0.4 is 5.32 Å². The van der Waals surface area contributed by atoms with E-state index >= 15 is 0 Å². The van der Waals surface area contributed by atoms with Crippen molar-refractivity contribution in [3.05, 3.63) is 17.6 Å². The third kappa shape index (κ3) is 2.41. The highest BCUT2D eigenvalue weighted by Crippen LogP contribution is 2.42. The van der Waals surface area contributed by atoms with E-state index in [0.717, 1.165) is 43.1 Å². The van der Waals surface area contributed by atoms with Crippen LogP contribution >= 0.6 is 0 Å². The van der Waals surface area contributed by atoms with Gasteiger partial charge in [-0.15, -0.1) is 0 Å². The van der Waals surface area contributed by atoms with Crippen molar-refractivity contribution >= 4 is 5.82 Å². The summed E-state index contributed by atoms with van der Waals surface area (Å²) in [6.07, 6.45) is 4.34. The summed E-state index contributed by atoms with van der Waals surface area (Å²) in [6, 6.07) is 1.99. The van der Waals surface area contributed by atoms with E-state index < -0.39 is 0 Å². The number of hydrogen-bond donors (Lipinski definition) is 1. The second kappa shape index (κ2) is 5.00. The minimum Gasteiger partial charge on any atom is -0.370 e. The van der Waals surface area contributed by atoms with Crippen LogP contribution in [0.1, 0.15) is 44.1 Å². The Kier molecular flexibility index (Phi) is 3.62. The molecule has 1 aliphatic carbocycles. The zero-order valence-electron chi connectivity index (χ0n) is 10.9. The summed E-state index contributed by atoms with van der Waals surface area (Å²) in [5.41, 5.74) is 0.770. The van der Waals surface area contributed by atoms with E-state index in [1.807, 2.05) is 13.0 Å². The molecule has 0 radical (unpaired) electrons. The highest BCUT2D eigenvalue weighted by Gasteiger charge is 2.41. The predicted molar refractivity (Wildman–Crippen MR) is 68.1 cm³/mol. The van der Waals surface area contributed by atoms with Crippen LogP contribution in [0.3, 0.4) is 0 Å². The maximum absolute atomic E-state index is 5.62. The molecular formula is C13H21N3O. The Balaban J connectivity index is 2.24. The standard InChI is InChI=1S/C13H21N3O/c1-4-8-14-11-9-10(2)15-12(16-11)13(17-3)6-5-7-13/h9H,4-8H2,1-3H3,(H,14,15,16). The molecule has 1 aromatic rings. The van der Waals surface area contributed by atoms with Crippen molar-refractivity contribution in [2.75, 3.05) is 19.0 Å². The highest BCUT2D eigenvalue weighted by molar-refractivity contribution is 5.36. The molecule has 94 valence electrons. The Labute approximate surface area is 103 Å². The fourth-order valence-corrected chi connectivity index (χ4v) is 2.13. The van der Waals surface area contributed by atoms with Crippen LogP contribution in [0.2, 0.25) is 0 Å². The molecular weight excluding hydrogens is 214 g/mol. The number of aromatic nitrogens is 2. The first-order chi connectivity index (χ1) is 8.20. The van der Waals surface area contributed by atoms with Crippen LogP contribution in [0.25, 0.3) is 0 Å². The summed E-state index contributed by atoms with van der Waals surface area (Å²) in [5.74, 6) is 1.75. The molecule has 17 heavy (non-hydrogen) atoms. The van der Waals surface area contributed by atoms with Gasteiger partial charge >= 0.3 is 0 Å². The molecule has 1 saturated carbocycles. The smallest absolute Gasteiger partial charge is 0.162 e. The van der Waals surface area contributed by atoms with Gasteiger partial charge in [0.05, 0.1) is 0 Å². The second-order valence-corrected chi connectivity index (χ2v) is 4.70. The quantitative estimate of drug-likeness (QED) is 0.852. The topological polar surface area (TPSA) is 47.0 Å². The van der Waals surface area contributed by atoms with Crippen LogP contribution in [0.5, 0.6) is 0 Å². The van der Waals surface area contributed by atoms with Gasteiger partial charge < -0.3 is 10.1 Å². The number of hydrogen-bond acceptors (Lipinski definition) is 4. The molecule has 0 aliphatic heterocycles. The Morgan fingerprint density at radius 3 is 2.71 bits per heavy atom. The molecule has 0 amide bonds. The normalized spacial score (nSPS) is 17.6. The summed E-state index contributed by atoms with van der Waals surface area (Å²) in [5, 5.41) is 3.31. The van der Waals surface area contributed by atoms with Gasteiger partial charge in [-0.25, -0.2) is 9.97 Å². The Bertz CT molecular complexity index is 383. The zero-order valence-corrected chi connectivity index (χ0v) is 10.9. The van der Waals surface area contributed by atoms with Crippen LogP contribution in [-0.2, 0) is 10.3 Å². The van der Waals surface area contributed by atoms with Crippen LogP contribution in [0, 0.1) is 6.92 Å². The molecule has 0 unspecified atom stereocenters. The number of methoxy groups -OCH3 is 1. The number of rotatable bonds is 5. The van der Waals surface area contributed by atoms with Crippen LogP contribution in [-0.4, -0.2) is 23.6 Å². The highest BCUT2D eigenvalue weighted by atomic mass is 16.5. The minimum atomic E-state index is -0.228. The summed E-state index contributed by atoms with van der Waals surface area (Å²) in [7, 11) is 1.75. The van der Waals surface area contributed by atoms with Crippen molar-refractivity contribution in [2.45, 2.75) is 45.1 Å². The maximum atomic E-state index is 5.62. The molecule has 1 heterocycles. The van der Waals surface area contributed by atoms with Gasteiger partial charge in [0.2, 0.25) is 0 Å². The fourth-order valence-electron chi connectivity index (χ4n) is 2.13. The molecule has 1 N–H and O–H groups in total. The number of ether oxygens (including phenoxy) is 1. The fraction of sp³-hybridized carbons (Fsp3) is 0.692. The van der Waals surface area contributed by atoms with Gasteiger partial charge in [0, 0.05) is 25.4 Å². The van der Waals surface area contributed by atoms with Crippen molar-refractivity contribution in [1.82, 2.24) is 9.97 Å².